The number of benzene rings is 1. The number of hydrogen-bond donors (Lipinski definition) is 0. The van der Waals surface area contributed by atoms with Gasteiger partial charge >= 0.3 is 13.9 Å². The van der Waals surface area contributed by atoms with E-state index in [4.69, 9.17) is 9.26 Å². The Kier molecular flexibility index (Phi) is 6.47. The smallest absolute Gasteiger partial charge is 0.441 e. The topological polar surface area (TPSA) is 131 Å². The highest BCUT2D eigenvalue weighted by Crippen LogP contribution is 2.47. The number of anilines is 1. The number of carbonyl (C=O) groups is 1. The first-order valence-corrected chi connectivity index (χ1v) is 11.1. The van der Waals surface area contributed by atoms with E-state index in [1.807, 2.05) is 0 Å². The van der Waals surface area contributed by atoms with Gasteiger partial charge < -0.3 is 4.74 Å². The second kappa shape index (κ2) is 9.32. The molecule has 1 fully saturated rings. The van der Waals surface area contributed by atoms with Crippen molar-refractivity contribution in [2.45, 2.75) is 6.10 Å². The fourth-order valence-electron chi connectivity index (χ4n) is 3.15. The van der Waals surface area contributed by atoms with Crippen LogP contribution in [0.25, 0.3) is 22.6 Å². The molecule has 33 heavy (non-hydrogen) atoms. The highest BCUT2D eigenvalue weighted by Gasteiger charge is 2.35. The molecule has 14 heteroatoms. The Bertz CT molecular complexity index is 1200. The van der Waals surface area contributed by atoms with Crippen molar-refractivity contribution in [3.63, 3.8) is 0 Å². The molecule has 1 aromatic carbocycles. The second-order valence-corrected chi connectivity index (χ2v) is 8.81. The molecule has 1 aliphatic heterocycles. The van der Waals surface area contributed by atoms with Gasteiger partial charge in [0.1, 0.15) is 17.6 Å². The molecule has 174 valence electrons. The van der Waals surface area contributed by atoms with E-state index in [0.29, 0.717) is 28.3 Å². The molecule has 0 unspecified atom stereocenters. The van der Waals surface area contributed by atoms with Crippen molar-refractivity contribution >= 4 is 19.6 Å². The van der Waals surface area contributed by atoms with E-state index in [1.54, 1.807) is 31.3 Å². The van der Waals surface area contributed by atoms with Gasteiger partial charge in [-0.3, -0.25) is 23.5 Å². The summed E-state index contributed by atoms with van der Waals surface area (Å²) in [5.41, 5.74) is 1.65. The van der Waals surface area contributed by atoms with Gasteiger partial charge in [0.25, 0.3) is 0 Å². The minimum Gasteiger partial charge on any atom is -0.441 e. The van der Waals surface area contributed by atoms with E-state index < -0.39 is 25.8 Å². The largest absolute Gasteiger partial charge is 0.474 e. The molecule has 1 aliphatic rings. The summed E-state index contributed by atoms with van der Waals surface area (Å²) >= 11 is 0. The Morgan fingerprint density at radius 3 is 2.64 bits per heavy atom. The van der Waals surface area contributed by atoms with Crippen molar-refractivity contribution < 1.29 is 32.1 Å². The van der Waals surface area contributed by atoms with Gasteiger partial charge in [-0.25, -0.2) is 13.8 Å². The molecule has 1 saturated heterocycles. The highest BCUT2D eigenvalue weighted by molar-refractivity contribution is 7.48. The van der Waals surface area contributed by atoms with Crippen LogP contribution >= 0.6 is 7.82 Å². The Hall–Kier alpha value is -3.25. The number of phosphoric ester groups is 1. The Morgan fingerprint density at radius 2 is 2.03 bits per heavy atom. The van der Waals surface area contributed by atoms with Gasteiger partial charge in [-0.15, -0.1) is 10.2 Å². The van der Waals surface area contributed by atoms with E-state index >= 15 is 0 Å². The number of tetrazole rings is 1. The van der Waals surface area contributed by atoms with Crippen molar-refractivity contribution in [2.75, 3.05) is 32.3 Å². The highest BCUT2D eigenvalue weighted by atomic mass is 31.2. The number of nitrogens with zero attached hydrogens (tertiary/aromatic N) is 6. The van der Waals surface area contributed by atoms with Crippen molar-refractivity contribution in [3.05, 3.63) is 42.3 Å². The zero-order valence-corrected chi connectivity index (χ0v) is 18.8. The quantitative estimate of drug-likeness (QED) is 0.445. The van der Waals surface area contributed by atoms with Crippen LogP contribution in [-0.2, 0) is 29.9 Å². The summed E-state index contributed by atoms with van der Waals surface area (Å²) in [7, 11) is 0.295. The van der Waals surface area contributed by atoms with Gasteiger partial charge in [-0.1, -0.05) is 6.07 Å². The molecule has 3 aromatic rings. The molecule has 4 rings (SSSR count). The monoisotopic (exact) mass is 478 g/mol. The number of aromatic nitrogens is 5. The van der Waals surface area contributed by atoms with Crippen LogP contribution in [-0.4, -0.2) is 64.8 Å². The first-order chi connectivity index (χ1) is 15.8. The van der Waals surface area contributed by atoms with Gasteiger partial charge in [0.05, 0.1) is 25.9 Å². The molecule has 12 nitrogen and oxygen atoms in total. The van der Waals surface area contributed by atoms with E-state index in [2.05, 4.69) is 29.4 Å². The van der Waals surface area contributed by atoms with Crippen LogP contribution < -0.4 is 4.90 Å². The van der Waals surface area contributed by atoms with Gasteiger partial charge in [0.15, 0.2) is 0 Å². The van der Waals surface area contributed by atoms with Crippen molar-refractivity contribution in [2.24, 2.45) is 7.05 Å². The van der Waals surface area contributed by atoms with Crippen LogP contribution in [0.4, 0.5) is 14.9 Å². The molecule has 0 spiro atoms. The number of pyridine rings is 1. The number of carbonyl (C=O) groups excluding carboxylic acids is 1. The predicted molar refractivity (Wildman–Crippen MR) is 113 cm³/mol. The lowest BCUT2D eigenvalue weighted by Crippen LogP contribution is -2.26. The molecule has 0 saturated carbocycles. The Balaban J connectivity index is 1.46. The molecule has 3 heterocycles. The number of cyclic esters (lactones) is 1. The van der Waals surface area contributed by atoms with E-state index in [9.17, 15) is 13.8 Å². The molecular weight excluding hydrogens is 458 g/mol. The number of hydrogen-bond acceptors (Lipinski definition) is 10. The number of rotatable bonds is 8. The van der Waals surface area contributed by atoms with Crippen LogP contribution in [0.5, 0.6) is 0 Å². The zero-order chi connectivity index (χ0) is 23.6. The maximum Gasteiger partial charge on any atom is 0.474 e. The number of phosphoric acid groups is 1. The lowest BCUT2D eigenvalue weighted by molar-refractivity contribution is 0.0779. The fraction of sp³-hybridized carbons (Fsp3) is 0.316. The molecule has 0 bridgehead atoms. The second-order valence-electron chi connectivity index (χ2n) is 6.92. The molecule has 1 amide bonds. The normalized spacial score (nSPS) is 16.3. The van der Waals surface area contributed by atoms with Crippen molar-refractivity contribution in [3.8, 4) is 22.6 Å². The molecule has 0 aliphatic carbocycles. The summed E-state index contributed by atoms with van der Waals surface area (Å²) < 4.78 is 46.5. The minimum atomic E-state index is -3.70. The minimum absolute atomic E-state index is 0.0758. The summed E-state index contributed by atoms with van der Waals surface area (Å²) in [4.78, 5) is 19.1. The standard InChI is InChI=1S/C19H20FN6O6P/c1-25-23-18(22-24-25)17-7-4-12(9-21-17)15-6-5-13(8-16(15)20)26-10-14(32-19(26)27)11-31-33(28,29-2)30-3/h4-9,14H,10-11H2,1-3H3/t14-/m1/s1. The van der Waals surface area contributed by atoms with Crippen LogP contribution in [0, 0.1) is 5.82 Å². The maximum absolute atomic E-state index is 14.9. The number of ether oxygens (including phenoxy) is 1. The number of amides is 1. The number of halogens is 1. The van der Waals surface area contributed by atoms with Gasteiger partial charge in [-0.2, -0.15) is 4.80 Å². The van der Waals surface area contributed by atoms with Crippen LogP contribution in [0.1, 0.15) is 0 Å². The zero-order valence-electron chi connectivity index (χ0n) is 17.9. The third-order valence-corrected chi connectivity index (χ3v) is 6.18. The summed E-state index contributed by atoms with van der Waals surface area (Å²) in [6, 6.07) is 7.73. The Morgan fingerprint density at radius 1 is 1.24 bits per heavy atom. The van der Waals surface area contributed by atoms with Crippen molar-refractivity contribution in [1.29, 1.82) is 0 Å². The maximum atomic E-state index is 14.9. The first kappa shape index (κ1) is 22.9. The van der Waals surface area contributed by atoms with Gasteiger partial charge in [-0.05, 0) is 29.5 Å². The summed E-state index contributed by atoms with van der Waals surface area (Å²) in [5, 5.41) is 11.7. The van der Waals surface area contributed by atoms with Crippen molar-refractivity contribution in [1.82, 2.24) is 25.2 Å². The van der Waals surface area contributed by atoms with Crippen LogP contribution in [0.3, 0.4) is 0 Å². The lowest BCUT2D eigenvalue weighted by atomic mass is 10.1. The summed E-state index contributed by atoms with van der Waals surface area (Å²) in [5.74, 6) is -0.186. The summed E-state index contributed by atoms with van der Waals surface area (Å²) in [6.07, 6.45) is 0.0961. The SMILES string of the molecule is COP(=O)(OC)OC[C@H]1CN(c2ccc(-c3ccc(-c4nnn(C)n4)nc3)c(F)c2)C(=O)O1. The molecule has 0 radical (unpaired) electrons. The molecule has 2 aromatic heterocycles. The van der Waals surface area contributed by atoms with Crippen LogP contribution in [0.2, 0.25) is 0 Å². The van der Waals surface area contributed by atoms with Gasteiger partial charge in [0.2, 0.25) is 5.82 Å². The predicted octanol–water partition coefficient (Wildman–Crippen LogP) is 2.82. The first-order valence-electron chi connectivity index (χ1n) is 9.66. The van der Waals surface area contributed by atoms with E-state index in [0.717, 1.165) is 0 Å². The fourth-order valence-corrected chi connectivity index (χ4v) is 3.86. The third-order valence-electron chi connectivity index (χ3n) is 4.82. The van der Waals surface area contributed by atoms with Crippen LogP contribution in [0.15, 0.2) is 36.5 Å². The summed E-state index contributed by atoms with van der Waals surface area (Å²) in [6.45, 7) is -0.132. The number of aryl methyl sites for hydroxylation is 1. The molecule has 1 atom stereocenters. The third kappa shape index (κ3) is 4.91. The lowest BCUT2D eigenvalue weighted by Gasteiger charge is -2.16. The van der Waals surface area contributed by atoms with E-state index in [-0.39, 0.29) is 13.2 Å². The average Bonchev–Trinajstić information content (AvgIpc) is 3.43. The Labute approximate surface area is 187 Å². The van der Waals surface area contributed by atoms with Gasteiger partial charge in [0, 0.05) is 31.5 Å². The molecule has 0 N–H and O–H groups in total. The molecular formula is C19H20FN6O6P. The average molecular weight is 478 g/mol. The van der Waals surface area contributed by atoms with E-state index in [1.165, 1.54) is 36.2 Å².